The van der Waals surface area contributed by atoms with Crippen LogP contribution in [0.25, 0.3) is 0 Å². The number of nitrogens with one attached hydrogen (secondary N) is 1. The Bertz CT molecular complexity index is 705. The summed E-state index contributed by atoms with van der Waals surface area (Å²) in [6, 6.07) is 10.6. The lowest BCUT2D eigenvalue weighted by molar-refractivity contribution is 0.197. The van der Waals surface area contributed by atoms with Crippen LogP contribution in [0.4, 0.5) is 4.39 Å². The molecule has 26 heavy (non-hydrogen) atoms. The Morgan fingerprint density at radius 3 is 1.96 bits per heavy atom. The van der Waals surface area contributed by atoms with E-state index in [0.29, 0.717) is 17.2 Å². The second kappa shape index (κ2) is 8.38. The molecule has 5 nitrogen and oxygen atoms in total. The molecule has 0 spiro atoms. The first-order valence-corrected chi connectivity index (χ1v) is 8.68. The first kappa shape index (κ1) is 18.5. The van der Waals surface area contributed by atoms with Gasteiger partial charge in [-0.2, -0.15) is 0 Å². The zero-order valence-electron chi connectivity index (χ0n) is 15.4. The number of benzene rings is 2. The highest BCUT2D eigenvalue weighted by Crippen LogP contribution is 2.42. The van der Waals surface area contributed by atoms with Gasteiger partial charge in [0.1, 0.15) is 5.82 Å². The largest absolute Gasteiger partial charge is 0.493 e. The van der Waals surface area contributed by atoms with Gasteiger partial charge >= 0.3 is 0 Å². The van der Waals surface area contributed by atoms with Gasteiger partial charge in [0, 0.05) is 26.2 Å². The third kappa shape index (κ3) is 3.76. The predicted molar refractivity (Wildman–Crippen MR) is 98.8 cm³/mol. The highest BCUT2D eigenvalue weighted by molar-refractivity contribution is 5.55. The minimum Gasteiger partial charge on any atom is -0.493 e. The third-order valence-electron chi connectivity index (χ3n) is 4.71. The van der Waals surface area contributed by atoms with Gasteiger partial charge in [-0.3, -0.25) is 4.90 Å². The number of methoxy groups -OCH3 is 3. The number of hydrogen-bond donors (Lipinski definition) is 1. The predicted octanol–water partition coefficient (Wildman–Crippen LogP) is 2.85. The molecule has 6 heteroatoms. The van der Waals surface area contributed by atoms with Gasteiger partial charge in [0.2, 0.25) is 5.75 Å². The third-order valence-corrected chi connectivity index (χ3v) is 4.71. The fourth-order valence-electron chi connectivity index (χ4n) is 3.46. The summed E-state index contributed by atoms with van der Waals surface area (Å²) in [6.45, 7) is 3.64. The van der Waals surface area contributed by atoms with Crippen molar-refractivity contribution < 1.29 is 18.6 Å². The van der Waals surface area contributed by atoms with Crippen molar-refractivity contribution in [3.63, 3.8) is 0 Å². The van der Waals surface area contributed by atoms with Crippen molar-refractivity contribution in [1.29, 1.82) is 0 Å². The summed E-state index contributed by atoms with van der Waals surface area (Å²) < 4.78 is 29.9. The molecule has 0 radical (unpaired) electrons. The Hall–Kier alpha value is -2.31. The molecule has 2 aromatic rings. The number of halogens is 1. The summed E-state index contributed by atoms with van der Waals surface area (Å²) in [6.07, 6.45) is 0. The van der Waals surface area contributed by atoms with Crippen molar-refractivity contribution in [1.82, 2.24) is 10.2 Å². The summed E-state index contributed by atoms with van der Waals surface area (Å²) in [4.78, 5) is 2.38. The lowest BCUT2D eigenvalue weighted by Gasteiger charge is -2.36. The molecule has 3 rings (SSSR count). The van der Waals surface area contributed by atoms with E-state index in [1.807, 2.05) is 24.3 Å². The molecule has 0 aromatic heterocycles. The maximum absolute atomic E-state index is 13.5. The van der Waals surface area contributed by atoms with Crippen LogP contribution in [0.5, 0.6) is 17.2 Å². The fourth-order valence-corrected chi connectivity index (χ4v) is 3.46. The summed E-state index contributed by atoms with van der Waals surface area (Å²) in [5.74, 6) is 1.56. The van der Waals surface area contributed by atoms with Crippen LogP contribution in [0.15, 0.2) is 36.4 Å². The summed E-state index contributed by atoms with van der Waals surface area (Å²) in [5.41, 5.74) is 2.05. The Kier molecular flexibility index (Phi) is 5.96. The molecule has 1 fully saturated rings. The number of hydrogen-bond acceptors (Lipinski definition) is 5. The van der Waals surface area contributed by atoms with Gasteiger partial charge in [-0.05, 0) is 35.4 Å². The quantitative estimate of drug-likeness (QED) is 0.858. The average molecular weight is 360 g/mol. The van der Waals surface area contributed by atoms with Crippen molar-refractivity contribution >= 4 is 0 Å². The molecular formula is C20H25FN2O3. The maximum Gasteiger partial charge on any atom is 0.203 e. The second-order valence-corrected chi connectivity index (χ2v) is 6.20. The Morgan fingerprint density at radius 2 is 1.46 bits per heavy atom. The standard InChI is InChI=1S/C20H25FN2O3/c1-24-17-12-15(13-18(25-2)20(17)26-3)19(23-10-8-22-9-11-23)14-4-6-16(21)7-5-14/h4-7,12-13,19,22H,8-11H2,1-3H3. The van der Waals surface area contributed by atoms with Gasteiger partial charge in [-0.1, -0.05) is 12.1 Å². The Labute approximate surface area is 153 Å². The molecule has 1 atom stereocenters. The van der Waals surface area contributed by atoms with Crippen LogP contribution in [0.1, 0.15) is 17.2 Å². The lowest BCUT2D eigenvalue weighted by Crippen LogP contribution is -2.45. The molecule has 140 valence electrons. The molecule has 2 aromatic carbocycles. The first-order valence-electron chi connectivity index (χ1n) is 8.68. The number of ether oxygens (including phenoxy) is 3. The SMILES string of the molecule is COc1cc(C(c2ccc(F)cc2)N2CCNCC2)cc(OC)c1OC. The van der Waals surface area contributed by atoms with Crippen LogP contribution in [-0.4, -0.2) is 52.4 Å². The van der Waals surface area contributed by atoms with E-state index >= 15 is 0 Å². The monoisotopic (exact) mass is 360 g/mol. The zero-order valence-corrected chi connectivity index (χ0v) is 15.4. The second-order valence-electron chi connectivity index (χ2n) is 6.20. The van der Waals surface area contributed by atoms with Crippen LogP contribution in [0.3, 0.4) is 0 Å². The van der Waals surface area contributed by atoms with E-state index in [2.05, 4.69) is 10.2 Å². The number of rotatable bonds is 6. The van der Waals surface area contributed by atoms with Crippen molar-refractivity contribution in [3.05, 3.63) is 53.3 Å². The van der Waals surface area contributed by atoms with Crippen LogP contribution in [-0.2, 0) is 0 Å². The van der Waals surface area contributed by atoms with Gasteiger partial charge in [-0.25, -0.2) is 4.39 Å². The molecule has 1 saturated heterocycles. The normalized spacial score (nSPS) is 16.2. The fraction of sp³-hybridized carbons (Fsp3) is 0.400. The van der Waals surface area contributed by atoms with E-state index in [4.69, 9.17) is 14.2 Å². The molecule has 0 saturated carbocycles. The Morgan fingerprint density at radius 1 is 0.885 bits per heavy atom. The summed E-state index contributed by atoms with van der Waals surface area (Å²) >= 11 is 0. The van der Waals surface area contributed by atoms with Crippen molar-refractivity contribution in [3.8, 4) is 17.2 Å². The van der Waals surface area contributed by atoms with E-state index < -0.39 is 0 Å². The van der Waals surface area contributed by atoms with Gasteiger partial charge in [0.15, 0.2) is 11.5 Å². The van der Waals surface area contributed by atoms with Gasteiger partial charge < -0.3 is 19.5 Å². The minimum atomic E-state index is -0.238. The minimum absolute atomic E-state index is 0.0218. The lowest BCUT2D eigenvalue weighted by atomic mass is 9.95. The summed E-state index contributed by atoms with van der Waals surface area (Å²) in [5, 5.41) is 3.37. The van der Waals surface area contributed by atoms with Crippen molar-refractivity contribution in [2.45, 2.75) is 6.04 Å². The van der Waals surface area contributed by atoms with Crippen LogP contribution < -0.4 is 19.5 Å². The van der Waals surface area contributed by atoms with Crippen molar-refractivity contribution in [2.75, 3.05) is 47.5 Å². The molecular weight excluding hydrogens is 335 g/mol. The molecule has 0 aliphatic carbocycles. The molecule has 1 aliphatic rings. The van der Waals surface area contributed by atoms with Crippen LogP contribution in [0.2, 0.25) is 0 Å². The van der Waals surface area contributed by atoms with E-state index in [9.17, 15) is 4.39 Å². The molecule has 1 heterocycles. The van der Waals surface area contributed by atoms with Gasteiger partial charge in [-0.15, -0.1) is 0 Å². The number of nitrogens with zero attached hydrogens (tertiary/aromatic N) is 1. The zero-order chi connectivity index (χ0) is 18.5. The molecule has 1 aliphatic heterocycles. The first-order chi connectivity index (χ1) is 12.7. The maximum atomic E-state index is 13.5. The molecule has 0 bridgehead atoms. The van der Waals surface area contributed by atoms with Gasteiger partial charge in [0.05, 0.1) is 27.4 Å². The highest BCUT2D eigenvalue weighted by Gasteiger charge is 2.26. The van der Waals surface area contributed by atoms with Gasteiger partial charge in [0.25, 0.3) is 0 Å². The average Bonchev–Trinajstić information content (AvgIpc) is 2.69. The highest BCUT2D eigenvalue weighted by atomic mass is 19.1. The van der Waals surface area contributed by atoms with E-state index in [0.717, 1.165) is 37.3 Å². The van der Waals surface area contributed by atoms with Crippen LogP contribution in [0, 0.1) is 5.82 Å². The van der Waals surface area contributed by atoms with E-state index in [-0.39, 0.29) is 11.9 Å². The van der Waals surface area contributed by atoms with Crippen LogP contribution >= 0.6 is 0 Å². The van der Waals surface area contributed by atoms with Crippen molar-refractivity contribution in [2.24, 2.45) is 0 Å². The Balaban J connectivity index is 2.10. The number of piperazine rings is 1. The molecule has 1 unspecified atom stereocenters. The molecule has 0 amide bonds. The van der Waals surface area contributed by atoms with E-state index in [1.165, 1.54) is 12.1 Å². The smallest absolute Gasteiger partial charge is 0.203 e. The topological polar surface area (TPSA) is 43.0 Å². The van der Waals surface area contributed by atoms with E-state index in [1.54, 1.807) is 21.3 Å². The molecule has 1 N–H and O–H groups in total. The summed E-state index contributed by atoms with van der Waals surface area (Å²) in [7, 11) is 4.81.